The normalized spacial score (nSPS) is 19.5. The Bertz CT molecular complexity index is 355. The zero-order chi connectivity index (χ0) is 15.1. The Morgan fingerprint density at radius 1 is 1.00 bits per heavy atom. The monoisotopic (exact) mass is 333 g/mol. The molecule has 128 valence electrons. The van der Waals surface area contributed by atoms with Crippen molar-refractivity contribution in [3.8, 4) is 0 Å². The molecule has 3 amide bonds. The van der Waals surface area contributed by atoms with Gasteiger partial charge in [-0.2, -0.15) is 0 Å². The van der Waals surface area contributed by atoms with Crippen LogP contribution in [0, 0.1) is 0 Å². The molecule has 0 aliphatic carbocycles. The lowest BCUT2D eigenvalue weighted by Gasteiger charge is -2.35. The molecule has 0 spiro atoms. The lowest BCUT2D eigenvalue weighted by atomic mass is 10.2. The second-order valence-electron chi connectivity index (χ2n) is 5.54. The molecule has 22 heavy (non-hydrogen) atoms. The number of nitrogens with one attached hydrogen (secondary N) is 2. The maximum atomic E-state index is 12.1. The van der Waals surface area contributed by atoms with Gasteiger partial charge in [0.2, 0.25) is 5.91 Å². The van der Waals surface area contributed by atoms with Crippen molar-refractivity contribution < 1.29 is 9.59 Å². The van der Waals surface area contributed by atoms with E-state index < -0.39 is 0 Å². The molecule has 0 aromatic heterocycles. The van der Waals surface area contributed by atoms with Gasteiger partial charge in [-0.1, -0.05) is 0 Å². The van der Waals surface area contributed by atoms with Crippen molar-refractivity contribution in [2.45, 2.75) is 13.3 Å². The number of carbonyl (C=O) groups is 2. The van der Waals surface area contributed by atoms with E-state index in [1.165, 1.54) is 0 Å². The summed E-state index contributed by atoms with van der Waals surface area (Å²) in [5.41, 5.74) is 0. The van der Waals surface area contributed by atoms with E-state index in [0.717, 1.165) is 58.9 Å². The van der Waals surface area contributed by atoms with E-state index in [4.69, 9.17) is 0 Å². The third-order valence-corrected chi connectivity index (χ3v) is 4.10. The molecule has 7 nitrogen and oxygen atoms in total. The lowest BCUT2D eigenvalue weighted by molar-refractivity contribution is -0.132. The summed E-state index contributed by atoms with van der Waals surface area (Å²) in [5, 5.41) is 6.08. The second-order valence-corrected chi connectivity index (χ2v) is 5.54. The Morgan fingerprint density at radius 3 is 2.23 bits per heavy atom. The van der Waals surface area contributed by atoms with Crippen molar-refractivity contribution in [1.82, 2.24) is 25.3 Å². The van der Waals surface area contributed by atoms with Gasteiger partial charge in [0, 0.05) is 71.9 Å². The number of piperazine rings is 2. The number of hydrogen-bond acceptors (Lipinski definition) is 4. The topological polar surface area (TPSA) is 67.9 Å². The van der Waals surface area contributed by atoms with Gasteiger partial charge in [-0.15, -0.1) is 12.4 Å². The lowest BCUT2D eigenvalue weighted by Crippen LogP contribution is -2.52. The van der Waals surface area contributed by atoms with Crippen molar-refractivity contribution in [2.24, 2.45) is 0 Å². The van der Waals surface area contributed by atoms with Gasteiger partial charge in [0.15, 0.2) is 0 Å². The predicted molar refractivity (Wildman–Crippen MR) is 88.4 cm³/mol. The van der Waals surface area contributed by atoms with Crippen LogP contribution in [0.5, 0.6) is 0 Å². The highest BCUT2D eigenvalue weighted by atomic mass is 35.5. The summed E-state index contributed by atoms with van der Waals surface area (Å²) < 4.78 is 0. The smallest absolute Gasteiger partial charge is 0.317 e. The highest BCUT2D eigenvalue weighted by molar-refractivity contribution is 5.85. The van der Waals surface area contributed by atoms with E-state index in [0.29, 0.717) is 13.0 Å². The van der Waals surface area contributed by atoms with Crippen LogP contribution in [0.4, 0.5) is 4.79 Å². The number of nitrogens with zero attached hydrogens (tertiary/aromatic N) is 3. The molecule has 2 aliphatic heterocycles. The van der Waals surface area contributed by atoms with Crippen molar-refractivity contribution in [2.75, 3.05) is 65.4 Å². The number of amides is 3. The van der Waals surface area contributed by atoms with Gasteiger partial charge < -0.3 is 20.4 Å². The van der Waals surface area contributed by atoms with E-state index in [9.17, 15) is 9.59 Å². The fraction of sp³-hybridized carbons (Fsp3) is 0.857. The Morgan fingerprint density at radius 2 is 1.64 bits per heavy atom. The molecule has 0 aromatic carbocycles. The zero-order valence-electron chi connectivity index (χ0n) is 13.3. The van der Waals surface area contributed by atoms with Gasteiger partial charge in [-0.25, -0.2) is 4.79 Å². The molecular formula is C14H28ClN5O2. The van der Waals surface area contributed by atoms with Crippen molar-refractivity contribution in [3.63, 3.8) is 0 Å². The Labute approximate surface area is 138 Å². The summed E-state index contributed by atoms with van der Waals surface area (Å²) in [7, 11) is 0. The quantitative estimate of drug-likeness (QED) is 0.733. The molecule has 0 radical (unpaired) electrons. The minimum atomic E-state index is 0. The zero-order valence-corrected chi connectivity index (χ0v) is 14.2. The second kappa shape index (κ2) is 9.86. The van der Waals surface area contributed by atoms with Gasteiger partial charge >= 0.3 is 6.03 Å². The van der Waals surface area contributed by atoms with Crippen molar-refractivity contribution >= 4 is 24.3 Å². The highest BCUT2D eigenvalue weighted by Gasteiger charge is 2.22. The largest absolute Gasteiger partial charge is 0.340 e. The Balaban J connectivity index is 0.00000242. The van der Waals surface area contributed by atoms with Crippen LogP contribution in [0.3, 0.4) is 0 Å². The van der Waals surface area contributed by atoms with Crippen molar-refractivity contribution in [1.29, 1.82) is 0 Å². The van der Waals surface area contributed by atoms with Crippen LogP contribution in [0.25, 0.3) is 0 Å². The summed E-state index contributed by atoms with van der Waals surface area (Å²) >= 11 is 0. The highest BCUT2D eigenvalue weighted by Crippen LogP contribution is 2.05. The number of urea groups is 1. The van der Waals surface area contributed by atoms with Crippen molar-refractivity contribution in [3.05, 3.63) is 0 Å². The first-order valence-electron chi connectivity index (χ1n) is 7.94. The van der Waals surface area contributed by atoms with E-state index in [-0.39, 0.29) is 24.3 Å². The molecule has 0 aromatic rings. The minimum absolute atomic E-state index is 0. The molecule has 2 fully saturated rings. The summed E-state index contributed by atoms with van der Waals surface area (Å²) in [6.45, 7) is 10.0. The molecule has 0 saturated carbocycles. The third-order valence-electron chi connectivity index (χ3n) is 4.10. The van der Waals surface area contributed by atoms with Gasteiger partial charge in [0.05, 0.1) is 0 Å². The Kier molecular flexibility index (Phi) is 8.52. The van der Waals surface area contributed by atoms with Gasteiger partial charge in [-0.3, -0.25) is 9.69 Å². The summed E-state index contributed by atoms with van der Waals surface area (Å²) in [6, 6.07) is 0.0223. The molecule has 2 aliphatic rings. The molecule has 0 bridgehead atoms. The average molecular weight is 334 g/mol. The van der Waals surface area contributed by atoms with Crippen LogP contribution in [0.1, 0.15) is 13.3 Å². The predicted octanol–water partition coefficient (Wildman–Crippen LogP) is -0.423. The minimum Gasteiger partial charge on any atom is -0.340 e. The van der Waals surface area contributed by atoms with Gasteiger partial charge in [-0.05, 0) is 6.92 Å². The molecule has 8 heteroatoms. The van der Waals surface area contributed by atoms with Crippen LogP contribution in [-0.2, 0) is 4.79 Å². The van der Waals surface area contributed by atoms with E-state index >= 15 is 0 Å². The van der Waals surface area contributed by atoms with E-state index in [1.807, 2.05) is 16.7 Å². The fourth-order valence-corrected chi connectivity index (χ4v) is 2.76. The van der Waals surface area contributed by atoms with E-state index in [1.54, 1.807) is 0 Å². The maximum Gasteiger partial charge on any atom is 0.317 e. The van der Waals surface area contributed by atoms with Gasteiger partial charge in [0.25, 0.3) is 0 Å². The first-order chi connectivity index (χ1) is 10.2. The third kappa shape index (κ3) is 5.62. The first-order valence-corrected chi connectivity index (χ1v) is 7.94. The van der Waals surface area contributed by atoms with Crippen LogP contribution in [0.2, 0.25) is 0 Å². The summed E-state index contributed by atoms with van der Waals surface area (Å²) in [6.07, 6.45) is 0.584. The summed E-state index contributed by atoms with van der Waals surface area (Å²) in [5.74, 6) is 0.252. The van der Waals surface area contributed by atoms with Gasteiger partial charge in [0.1, 0.15) is 0 Å². The molecule has 0 unspecified atom stereocenters. The maximum absolute atomic E-state index is 12.1. The Hall–Kier alpha value is -1.05. The number of halogens is 1. The molecule has 2 saturated heterocycles. The fourth-order valence-electron chi connectivity index (χ4n) is 2.76. The number of hydrogen-bond donors (Lipinski definition) is 2. The average Bonchev–Trinajstić information content (AvgIpc) is 2.54. The first kappa shape index (κ1) is 19.0. The summed E-state index contributed by atoms with van der Waals surface area (Å²) in [4.78, 5) is 29.9. The van der Waals surface area contributed by atoms with Crippen LogP contribution in [-0.4, -0.2) is 92.1 Å². The van der Waals surface area contributed by atoms with Crippen LogP contribution in [0.15, 0.2) is 0 Å². The number of carbonyl (C=O) groups excluding carboxylic acids is 2. The SMILES string of the molecule is CCNC(=O)N1CCN(CCC(=O)N2CCNCC2)CC1.Cl. The molecule has 2 heterocycles. The van der Waals surface area contributed by atoms with Crippen LogP contribution >= 0.6 is 12.4 Å². The molecular weight excluding hydrogens is 306 g/mol. The molecule has 0 atom stereocenters. The van der Waals surface area contributed by atoms with E-state index in [2.05, 4.69) is 15.5 Å². The molecule has 2 rings (SSSR count). The number of rotatable bonds is 4. The molecule has 2 N–H and O–H groups in total. The van der Waals surface area contributed by atoms with Crippen LogP contribution < -0.4 is 10.6 Å². The standard InChI is InChI=1S/C14H27N5O2.ClH/c1-2-16-14(21)19-11-9-17(10-12-19)6-3-13(20)18-7-4-15-5-8-18;/h15H,2-12H2,1H3,(H,16,21);1H.